The fraction of sp³-hybridized carbons (Fsp3) is 0.500. The Balaban J connectivity index is 2.17. The molecule has 0 aliphatic carbocycles. The summed E-state index contributed by atoms with van der Waals surface area (Å²) in [5.41, 5.74) is 2.72. The summed E-state index contributed by atoms with van der Waals surface area (Å²) in [4.78, 5) is 26.6. The molecule has 0 heterocycles. The molecule has 0 unspecified atom stereocenters. The molecule has 204 valence electrons. The normalized spacial score (nSPS) is 11.9. The molecule has 0 bridgehead atoms. The van der Waals surface area contributed by atoms with E-state index in [1.165, 1.54) is 22.1 Å². The van der Waals surface area contributed by atoms with Gasteiger partial charge in [-0.15, -0.1) is 0 Å². The highest BCUT2D eigenvalue weighted by atomic mass is 79.9. The van der Waals surface area contributed by atoms with E-state index in [1.807, 2.05) is 6.07 Å². The van der Waals surface area contributed by atoms with Crippen LogP contribution >= 0.6 is 15.9 Å². The standard InChI is InChI=1S/C28H39BrN2O5S/c1-8-20-16-23(29)13-12-21(20)10-9-11-26(32)30-24-14-15-25(37(34,35)19(2)3)22(17-24)18-31(7)27(33)36-28(4,5)6/h12-17,19H,8-11,18H2,1-7H3,(H,30,32). The molecule has 0 spiro atoms. The molecule has 0 fully saturated rings. The zero-order valence-electron chi connectivity index (χ0n) is 22.9. The molecule has 0 aliphatic heterocycles. The first-order valence-electron chi connectivity index (χ1n) is 12.5. The van der Waals surface area contributed by atoms with Gasteiger partial charge in [-0.25, -0.2) is 13.2 Å². The second kappa shape index (κ2) is 12.9. The Morgan fingerprint density at radius 2 is 1.73 bits per heavy atom. The zero-order chi connectivity index (χ0) is 28.0. The molecule has 37 heavy (non-hydrogen) atoms. The van der Waals surface area contributed by atoms with Gasteiger partial charge in [0.15, 0.2) is 9.84 Å². The molecule has 1 N–H and O–H groups in total. The lowest BCUT2D eigenvalue weighted by Crippen LogP contribution is -2.34. The summed E-state index contributed by atoms with van der Waals surface area (Å²) in [6, 6.07) is 10.9. The molecule has 2 rings (SSSR count). The predicted molar refractivity (Wildman–Crippen MR) is 152 cm³/mol. The van der Waals surface area contributed by atoms with Crippen molar-refractivity contribution >= 4 is 43.5 Å². The van der Waals surface area contributed by atoms with E-state index in [4.69, 9.17) is 4.74 Å². The van der Waals surface area contributed by atoms with Gasteiger partial charge in [0.1, 0.15) is 5.60 Å². The van der Waals surface area contributed by atoms with Gasteiger partial charge in [0, 0.05) is 23.6 Å². The quantitative estimate of drug-likeness (QED) is 0.338. The number of hydrogen-bond donors (Lipinski definition) is 1. The van der Waals surface area contributed by atoms with Gasteiger partial charge < -0.3 is 15.0 Å². The summed E-state index contributed by atoms with van der Waals surface area (Å²) in [6.45, 7) is 10.7. The van der Waals surface area contributed by atoms with Crippen molar-refractivity contribution in [2.24, 2.45) is 0 Å². The third kappa shape index (κ3) is 9.14. The van der Waals surface area contributed by atoms with Crippen LogP contribution in [0.15, 0.2) is 45.8 Å². The van der Waals surface area contributed by atoms with Gasteiger partial charge in [0.2, 0.25) is 5.91 Å². The average Bonchev–Trinajstić information content (AvgIpc) is 2.78. The third-order valence-electron chi connectivity index (χ3n) is 5.78. The molecule has 9 heteroatoms. The number of sulfone groups is 1. The number of rotatable bonds is 10. The van der Waals surface area contributed by atoms with Crippen molar-refractivity contribution in [3.63, 3.8) is 0 Å². The van der Waals surface area contributed by atoms with E-state index in [1.54, 1.807) is 53.8 Å². The number of carbonyl (C=O) groups excluding carboxylic acids is 2. The smallest absolute Gasteiger partial charge is 0.410 e. The number of amides is 2. The highest BCUT2D eigenvalue weighted by molar-refractivity contribution is 9.10. The predicted octanol–water partition coefficient (Wildman–Crippen LogP) is 6.52. The van der Waals surface area contributed by atoms with E-state index < -0.39 is 26.8 Å². The monoisotopic (exact) mass is 594 g/mol. The number of halogens is 1. The van der Waals surface area contributed by atoms with Crippen LogP contribution in [0, 0.1) is 0 Å². The van der Waals surface area contributed by atoms with Crippen molar-refractivity contribution in [2.45, 2.75) is 89.5 Å². The van der Waals surface area contributed by atoms with Gasteiger partial charge in [-0.05, 0) is 101 Å². The van der Waals surface area contributed by atoms with E-state index in [0.717, 1.165) is 17.3 Å². The number of aryl methyl sites for hydroxylation is 2. The Kier molecular flexibility index (Phi) is 10.8. The lowest BCUT2D eigenvalue weighted by molar-refractivity contribution is -0.116. The molecule has 2 amide bonds. The van der Waals surface area contributed by atoms with E-state index in [9.17, 15) is 18.0 Å². The number of hydrogen-bond acceptors (Lipinski definition) is 5. The fourth-order valence-corrected chi connectivity index (χ4v) is 5.47. The summed E-state index contributed by atoms with van der Waals surface area (Å²) < 4.78 is 32.4. The second-order valence-electron chi connectivity index (χ2n) is 10.4. The third-order valence-corrected chi connectivity index (χ3v) is 8.53. The SMILES string of the molecule is CCc1cc(Br)ccc1CCCC(=O)Nc1ccc(S(=O)(=O)C(C)C)c(CN(C)C(=O)OC(C)(C)C)c1. The molecule has 7 nitrogen and oxygen atoms in total. The average molecular weight is 596 g/mol. The summed E-state index contributed by atoms with van der Waals surface area (Å²) >= 11 is 3.50. The minimum Gasteiger partial charge on any atom is -0.444 e. The number of nitrogens with zero attached hydrogens (tertiary/aromatic N) is 1. The Morgan fingerprint density at radius 3 is 2.32 bits per heavy atom. The first-order valence-corrected chi connectivity index (χ1v) is 14.9. The highest BCUT2D eigenvalue weighted by Crippen LogP contribution is 2.26. The Bertz CT molecular complexity index is 1220. The molecule has 0 saturated heterocycles. The van der Waals surface area contributed by atoms with Crippen LogP contribution in [0.25, 0.3) is 0 Å². The Labute approximate surface area is 230 Å². The van der Waals surface area contributed by atoms with Gasteiger partial charge in [-0.1, -0.05) is 28.9 Å². The van der Waals surface area contributed by atoms with E-state index >= 15 is 0 Å². The zero-order valence-corrected chi connectivity index (χ0v) is 25.3. The summed E-state index contributed by atoms with van der Waals surface area (Å²) in [7, 11) is -2.06. The summed E-state index contributed by atoms with van der Waals surface area (Å²) in [5.74, 6) is -0.152. The maximum absolute atomic E-state index is 13.0. The topological polar surface area (TPSA) is 92.8 Å². The lowest BCUT2D eigenvalue weighted by Gasteiger charge is -2.25. The maximum atomic E-state index is 13.0. The molecule has 0 aromatic heterocycles. The first kappa shape index (κ1) is 30.8. The Morgan fingerprint density at radius 1 is 1.05 bits per heavy atom. The first-order chi connectivity index (χ1) is 17.1. The van der Waals surface area contributed by atoms with E-state index in [2.05, 4.69) is 40.3 Å². The van der Waals surface area contributed by atoms with E-state index in [0.29, 0.717) is 24.1 Å². The molecule has 2 aromatic rings. The second-order valence-corrected chi connectivity index (χ2v) is 13.8. The fourth-order valence-electron chi connectivity index (χ4n) is 3.80. The van der Waals surface area contributed by atoms with Crippen LogP contribution in [0.1, 0.15) is 71.1 Å². The van der Waals surface area contributed by atoms with Crippen molar-refractivity contribution < 1.29 is 22.7 Å². The van der Waals surface area contributed by atoms with Gasteiger partial charge >= 0.3 is 6.09 Å². The van der Waals surface area contributed by atoms with Crippen molar-refractivity contribution in [1.29, 1.82) is 0 Å². The van der Waals surface area contributed by atoms with Crippen molar-refractivity contribution in [3.8, 4) is 0 Å². The lowest BCUT2D eigenvalue weighted by atomic mass is 10.00. The Hall–Kier alpha value is -2.39. The number of anilines is 1. The highest BCUT2D eigenvalue weighted by Gasteiger charge is 2.26. The maximum Gasteiger partial charge on any atom is 0.410 e. The molecule has 2 aromatic carbocycles. The summed E-state index contributed by atoms with van der Waals surface area (Å²) in [6.07, 6.45) is 2.18. The molecular weight excluding hydrogens is 556 g/mol. The minimum absolute atomic E-state index is 0.0171. The van der Waals surface area contributed by atoms with Crippen LogP contribution in [0.2, 0.25) is 0 Å². The number of ether oxygens (including phenoxy) is 1. The molecular formula is C28H39BrN2O5S. The number of benzene rings is 2. The van der Waals surface area contributed by atoms with Crippen LogP contribution in [0.4, 0.5) is 10.5 Å². The number of carbonyl (C=O) groups is 2. The van der Waals surface area contributed by atoms with Gasteiger partial charge in [-0.3, -0.25) is 4.79 Å². The van der Waals surface area contributed by atoms with Crippen LogP contribution in [-0.4, -0.2) is 43.2 Å². The minimum atomic E-state index is -3.61. The molecule has 0 atom stereocenters. The van der Waals surface area contributed by atoms with Crippen LogP contribution in [-0.2, 0) is 38.8 Å². The molecule has 0 saturated carbocycles. The number of nitrogens with one attached hydrogen (secondary N) is 1. The van der Waals surface area contributed by atoms with Crippen molar-refractivity contribution in [2.75, 3.05) is 12.4 Å². The van der Waals surface area contributed by atoms with Crippen molar-refractivity contribution in [1.82, 2.24) is 4.90 Å². The summed E-state index contributed by atoms with van der Waals surface area (Å²) in [5, 5.41) is 2.24. The molecule has 0 radical (unpaired) electrons. The molecule has 0 aliphatic rings. The van der Waals surface area contributed by atoms with Gasteiger partial charge in [-0.2, -0.15) is 0 Å². The van der Waals surface area contributed by atoms with E-state index in [-0.39, 0.29) is 17.3 Å². The largest absolute Gasteiger partial charge is 0.444 e. The van der Waals surface area contributed by atoms with Crippen LogP contribution in [0.3, 0.4) is 0 Å². The van der Waals surface area contributed by atoms with Crippen LogP contribution in [0.5, 0.6) is 0 Å². The van der Waals surface area contributed by atoms with Crippen molar-refractivity contribution in [3.05, 3.63) is 57.6 Å². The van der Waals surface area contributed by atoms with Crippen LogP contribution < -0.4 is 5.32 Å². The van der Waals surface area contributed by atoms with Gasteiger partial charge in [0.25, 0.3) is 0 Å². The van der Waals surface area contributed by atoms with Gasteiger partial charge in [0.05, 0.1) is 16.7 Å².